The molecule has 0 atom stereocenters. The van der Waals surface area contributed by atoms with E-state index in [2.05, 4.69) is 25.6 Å². The van der Waals surface area contributed by atoms with Crippen molar-refractivity contribution in [3.05, 3.63) is 65.7 Å². The first-order valence-corrected chi connectivity index (χ1v) is 8.20. The van der Waals surface area contributed by atoms with E-state index in [1.165, 1.54) is 0 Å². The van der Waals surface area contributed by atoms with Crippen LogP contribution in [0, 0.1) is 13.8 Å². The SMILES string of the molecule is Cc1cnccc1NCCNC(=O)c1nc(-c2ccccc2)[nH]c1C. The molecule has 0 saturated heterocycles. The lowest BCUT2D eigenvalue weighted by Gasteiger charge is -2.09. The summed E-state index contributed by atoms with van der Waals surface area (Å²) in [6, 6.07) is 11.7. The van der Waals surface area contributed by atoms with Gasteiger partial charge in [-0.3, -0.25) is 9.78 Å². The number of aromatic nitrogens is 3. The van der Waals surface area contributed by atoms with Crippen molar-refractivity contribution in [2.24, 2.45) is 0 Å². The number of anilines is 1. The second kappa shape index (κ2) is 7.61. The van der Waals surface area contributed by atoms with Crippen molar-refractivity contribution in [2.75, 3.05) is 18.4 Å². The van der Waals surface area contributed by atoms with E-state index in [-0.39, 0.29) is 5.91 Å². The van der Waals surface area contributed by atoms with Crippen LogP contribution in [0.15, 0.2) is 48.8 Å². The summed E-state index contributed by atoms with van der Waals surface area (Å²) in [5.74, 6) is 0.526. The Bertz CT molecular complexity index is 857. The minimum atomic E-state index is -0.177. The van der Waals surface area contributed by atoms with Gasteiger partial charge in [0.05, 0.1) is 0 Å². The van der Waals surface area contributed by atoms with Crippen LogP contribution in [0.5, 0.6) is 0 Å². The molecule has 6 heteroatoms. The summed E-state index contributed by atoms with van der Waals surface area (Å²) in [5.41, 5.74) is 4.24. The van der Waals surface area contributed by atoms with Gasteiger partial charge in [0.1, 0.15) is 11.5 Å². The van der Waals surface area contributed by atoms with Crippen LogP contribution in [0.1, 0.15) is 21.7 Å². The summed E-state index contributed by atoms with van der Waals surface area (Å²) in [6.45, 7) is 4.98. The number of pyridine rings is 1. The lowest BCUT2D eigenvalue weighted by molar-refractivity contribution is 0.0950. The van der Waals surface area contributed by atoms with E-state index in [0.717, 1.165) is 22.5 Å². The first-order valence-electron chi connectivity index (χ1n) is 8.20. The average molecular weight is 335 g/mol. The van der Waals surface area contributed by atoms with E-state index < -0.39 is 0 Å². The van der Waals surface area contributed by atoms with E-state index in [4.69, 9.17) is 0 Å². The third kappa shape index (κ3) is 4.03. The van der Waals surface area contributed by atoms with Crippen LogP contribution in [-0.4, -0.2) is 33.9 Å². The first kappa shape index (κ1) is 16.7. The van der Waals surface area contributed by atoms with Gasteiger partial charge in [0.15, 0.2) is 0 Å². The molecule has 6 nitrogen and oxygen atoms in total. The zero-order valence-electron chi connectivity index (χ0n) is 14.3. The highest BCUT2D eigenvalue weighted by Crippen LogP contribution is 2.17. The standard InChI is InChI=1S/C19H21N5O/c1-13-12-20-9-8-16(13)21-10-11-22-19(25)17-14(2)23-18(24-17)15-6-4-3-5-7-15/h3-9,12H,10-11H2,1-2H3,(H,20,21)(H,22,25)(H,23,24). The maximum Gasteiger partial charge on any atom is 0.271 e. The molecule has 0 aliphatic rings. The van der Waals surface area contributed by atoms with Crippen LogP contribution >= 0.6 is 0 Å². The fourth-order valence-electron chi connectivity index (χ4n) is 2.54. The molecule has 0 aliphatic heterocycles. The molecule has 2 aromatic heterocycles. The van der Waals surface area contributed by atoms with Crippen molar-refractivity contribution in [3.63, 3.8) is 0 Å². The van der Waals surface area contributed by atoms with Gasteiger partial charge in [0, 0.05) is 42.4 Å². The van der Waals surface area contributed by atoms with Crippen molar-refractivity contribution < 1.29 is 4.79 Å². The Kier molecular flexibility index (Phi) is 5.09. The molecule has 0 fully saturated rings. The number of hydrogen-bond acceptors (Lipinski definition) is 4. The summed E-state index contributed by atoms with van der Waals surface area (Å²) < 4.78 is 0. The van der Waals surface area contributed by atoms with Gasteiger partial charge >= 0.3 is 0 Å². The second-order valence-corrected chi connectivity index (χ2v) is 5.80. The fraction of sp³-hybridized carbons (Fsp3) is 0.211. The largest absolute Gasteiger partial charge is 0.383 e. The van der Waals surface area contributed by atoms with E-state index in [0.29, 0.717) is 24.6 Å². The quantitative estimate of drug-likeness (QED) is 0.605. The van der Waals surface area contributed by atoms with Gasteiger partial charge in [0.25, 0.3) is 5.91 Å². The number of aromatic amines is 1. The van der Waals surface area contributed by atoms with Crippen molar-refractivity contribution in [2.45, 2.75) is 13.8 Å². The highest BCUT2D eigenvalue weighted by Gasteiger charge is 2.15. The highest BCUT2D eigenvalue weighted by atomic mass is 16.1. The lowest BCUT2D eigenvalue weighted by atomic mass is 10.2. The molecule has 0 radical (unpaired) electrons. The number of nitrogens with zero attached hydrogens (tertiary/aromatic N) is 2. The third-order valence-corrected chi connectivity index (χ3v) is 3.89. The fourth-order valence-corrected chi connectivity index (χ4v) is 2.54. The monoisotopic (exact) mass is 335 g/mol. The minimum Gasteiger partial charge on any atom is -0.383 e. The van der Waals surface area contributed by atoms with Crippen LogP contribution in [-0.2, 0) is 0 Å². The number of aryl methyl sites for hydroxylation is 2. The number of benzene rings is 1. The summed E-state index contributed by atoms with van der Waals surface area (Å²) in [4.78, 5) is 24.0. The predicted molar refractivity (Wildman–Crippen MR) is 98.6 cm³/mol. The Morgan fingerprint density at radius 3 is 2.68 bits per heavy atom. The Morgan fingerprint density at radius 1 is 1.12 bits per heavy atom. The Labute approximate surface area is 146 Å². The normalized spacial score (nSPS) is 10.5. The Hall–Kier alpha value is -3.15. The number of amides is 1. The topological polar surface area (TPSA) is 82.7 Å². The number of hydrogen-bond donors (Lipinski definition) is 3. The smallest absolute Gasteiger partial charge is 0.271 e. The number of carbonyl (C=O) groups excluding carboxylic acids is 1. The molecule has 3 rings (SSSR count). The molecule has 3 aromatic rings. The van der Waals surface area contributed by atoms with E-state index >= 15 is 0 Å². The Balaban J connectivity index is 1.57. The number of imidazole rings is 1. The molecule has 2 heterocycles. The molecule has 3 N–H and O–H groups in total. The Morgan fingerprint density at radius 2 is 1.92 bits per heavy atom. The third-order valence-electron chi connectivity index (χ3n) is 3.89. The van der Waals surface area contributed by atoms with Gasteiger partial charge in [0.2, 0.25) is 0 Å². The summed E-state index contributed by atoms with van der Waals surface area (Å²) in [7, 11) is 0. The minimum absolute atomic E-state index is 0.177. The molecule has 25 heavy (non-hydrogen) atoms. The highest BCUT2D eigenvalue weighted by molar-refractivity contribution is 5.94. The molecule has 0 aliphatic carbocycles. The van der Waals surface area contributed by atoms with E-state index in [1.54, 1.807) is 12.4 Å². The maximum absolute atomic E-state index is 12.4. The van der Waals surface area contributed by atoms with Crippen LogP contribution < -0.4 is 10.6 Å². The van der Waals surface area contributed by atoms with E-state index in [1.807, 2.05) is 50.2 Å². The van der Waals surface area contributed by atoms with Crippen molar-refractivity contribution >= 4 is 11.6 Å². The van der Waals surface area contributed by atoms with Crippen LogP contribution in [0.2, 0.25) is 0 Å². The average Bonchev–Trinajstić information content (AvgIpc) is 3.02. The number of carbonyl (C=O) groups is 1. The summed E-state index contributed by atoms with van der Waals surface area (Å²) in [5, 5.41) is 6.18. The van der Waals surface area contributed by atoms with Gasteiger partial charge < -0.3 is 15.6 Å². The molecule has 1 aromatic carbocycles. The number of nitrogens with one attached hydrogen (secondary N) is 3. The summed E-state index contributed by atoms with van der Waals surface area (Å²) >= 11 is 0. The van der Waals surface area contributed by atoms with Crippen LogP contribution in [0.25, 0.3) is 11.4 Å². The van der Waals surface area contributed by atoms with Gasteiger partial charge in [-0.15, -0.1) is 0 Å². The molecule has 0 spiro atoms. The molecule has 0 saturated carbocycles. The van der Waals surface area contributed by atoms with Crippen molar-refractivity contribution in [3.8, 4) is 11.4 Å². The van der Waals surface area contributed by atoms with E-state index in [9.17, 15) is 4.79 Å². The molecule has 128 valence electrons. The molecular formula is C19H21N5O. The zero-order valence-corrected chi connectivity index (χ0v) is 14.3. The number of rotatable bonds is 6. The second-order valence-electron chi connectivity index (χ2n) is 5.80. The molecule has 1 amide bonds. The number of H-pyrrole nitrogens is 1. The van der Waals surface area contributed by atoms with Gasteiger partial charge in [-0.1, -0.05) is 30.3 Å². The zero-order chi connectivity index (χ0) is 17.6. The lowest BCUT2D eigenvalue weighted by Crippen LogP contribution is -2.29. The molecular weight excluding hydrogens is 314 g/mol. The molecule has 0 unspecified atom stereocenters. The molecule has 0 bridgehead atoms. The van der Waals surface area contributed by atoms with Crippen LogP contribution in [0.3, 0.4) is 0 Å². The predicted octanol–water partition coefficient (Wildman–Crippen LogP) is 2.93. The maximum atomic E-state index is 12.4. The van der Waals surface area contributed by atoms with Crippen molar-refractivity contribution in [1.29, 1.82) is 0 Å². The summed E-state index contributed by atoms with van der Waals surface area (Å²) in [6.07, 6.45) is 3.55. The van der Waals surface area contributed by atoms with Crippen molar-refractivity contribution in [1.82, 2.24) is 20.3 Å². The first-order chi connectivity index (χ1) is 12.1. The van der Waals surface area contributed by atoms with Gasteiger partial charge in [-0.05, 0) is 25.5 Å². The van der Waals surface area contributed by atoms with Gasteiger partial charge in [-0.25, -0.2) is 4.98 Å². The van der Waals surface area contributed by atoms with Crippen LogP contribution in [0.4, 0.5) is 5.69 Å². The van der Waals surface area contributed by atoms with Gasteiger partial charge in [-0.2, -0.15) is 0 Å².